The number of likely N-dealkylation sites (N-methyl/N-ethyl adjacent to an activating group) is 1. The molecule has 94 valence electrons. The van der Waals surface area contributed by atoms with Crippen LogP contribution in [0.3, 0.4) is 0 Å². The van der Waals surface area contributed by atoms with Gasteiger partial charge in [0.25, 0.3) is 0 Å². The summed E-state index contributed by atoms with van der Waals surface area (Å²) >= 11 is 0. The molecule has 1 amide bonds. The van der Waals surface area contributed by atoms with Crippen molar-refractivity contribution in [3.63, 3.8) is 0 Å². The average Bonchev–Trinajstić information content (AvgIpc) is 2.97. The van der Waals surface area contributed by atoms with E-state index in [1.165, 1.54) is 12.8 Å². The molecular formula is C12H25N3O. The van der Waals surface area contributed by atoms with E-state index in [0.29, 0.717) is 6.54 Å². The maximum absolute atomic E-state index is 11.7. The third kappa shape index (κ3) is 4.10. The summed E-state index contributed by atoms with van der Waals surface area (Å²) in [5.74, 6) is -0.0447. The van der Waals surface area contributed by atoms with Crippen LogP contribution in [-0.2, 0) is 4.79 Å². The van der Waals surface area contributed by atoms with Gasteiger partial charge in [-0.15, -0.1) is 0 Å². The number of hydrogen-bond donors (Lipinski definition) is 2. The number of amides is 1. The lowest BCUT2D eigenvalue weighted by Gasteiger charge is -2.26. The quantitative estimate of drug-likeness (QED) is 0.722. The monoisotopic (exact) mass is 227 g/mol. The summed E-state index contributed by atoms with van der Waals surface area (Å²) in [6.45, 7) is 7.54. The minimum absolute atomic E-state index is 0.0447. The Morgan fingerprint density at radius 3 is 2.50 bits per heavy atom. The van der Waals surface area contributed by atoms with Gasteiger partial charge in [-0.05, 0) is 25.3 Å². The highest BCUT2D eigenvalue weighted by molar-refractivity contribution is 5.82. The molecule has 0 bridgehead atoms. The Balaban J connectivity index is 2.19. The van der Waals surface area contributed by atoms with Gasteiger partial charge < -0.3 is 16.0 Å². The molecule has 1 aliphatic rings. The topological polar surface area (TPSA) is 58.4 Å². The zero-order valence-electron chi connectivity index (χ0n) is 10.9. The summed E-state index contributed by atoms with van der Waals surface area (Å²) in [7, 11) is 2.10. The van der Waals surface area contributed by atoms with Gasteiger partial charge in [-0.2, -0.15) is 0 Å². The lowest BCUT2D eigenvalue weighted by molar-refractivity contribution is -0.124. The van der Waals surface area contributed by atoms with Crippen molar-refractivity contribution in [2.24, 2.45) is 11.1 Å². The molecule has 1 unspecified atom stereocenters. The standard InChI is InChI=1S/C12H25N3O/c1-12(2,3)10(13)11(16)14-7-8-15(4)9-5-6-9/h9-10H,5-8,13H2,1-4H3,(H,14,16). The Hall–Kier alpha value is -0.610. The van der Waals surface area contributed by atoms with Crippen molar-refractivity contribution >= 4 is 5.91 Å². The zero-order valence-corrected chi connectivity index (χ0v) is 10.9. The summed E-state index contributed by atoms with van der Waals surface area (Å²) in [6, 6.07) is 0.312. The first-order chi connectivity index (χ1) is 7.32. The molecule has 4 heteroatoms. The first-order valence-corrected chi connectivity index (χ1v) is 6.06. The van der Waals surface area contributed by atoms with Crippen LogP contribution >= 0.6 is 0 Å². The van der Waals surface area contributed by atoms with Gasteiger partial charge in [-0.1, -0.05) is 20.8 Å². The minimum atomic E-state index is -0.432. The van der Waals surface area contributed by atoms with Gasteiger partial charge in [-0.3, -0.25) is 4.79 Å². The summed E-state index contributed by atoms with van der Waals surface area (Å²) in [5.41, 5.74) is 5.68. The molecule has 1 atom stereocenters. The van der Waals surface area contributed by atoms with Crippen molar-refractivity contribution in [1.29, 1.82) is 0 Å². The van der Waals surface area contributed by atoms with Crippen molar-refractivity contribution in [2.75, 3.05) is 20.1 Å². The van der Waals surface area contributed by atoms with E-state index < -0.39 is 6.04 Å². The molecule has 1 rings (SSSR count). The van der Waals surface area contributed by atoms with Crippen molar-refractivity contribution in [3.05, 3.63) is 0 Å². The van der Waals surface area contributed by atoms with Crippen LogP contribution in [0.25, 0.3) is 0 Å². The minimum Gasteiger partial charge on any atom is -0.353 e. The van der Waals surface area contributed by atoms with Crippen molar-refractivity contribution in [2.45, 2.75) is 45.7 Å². The lowest BCUT2D eigenvalue weighted by atomic mass is 9.87. The van der Waals surface area contributed by atoms with Gasteiger partial charge in [0.2, 0.25) is 5.91 Å². The first-order valence-electron chi connectivity index (χ1n) is 6.06. The third-order valence-corrected chi connectivity index (χ3v) is 3.15. The number of carbonyl (C=O) groups excluding carboxylic acids is 1. The largest absolute Gasteiger partial charge is 0.353 e. The van der Waals surface area contributed by atoms with Gasteiger partial charge in [0.05, 0.1) is 6.04 Å². The summed E-state index contributed by atoms with van der Waals surface area (Å²) in [5, 5.41) is 2.90. The second-order valence-corrected chi connectivity index (χ2v) is 5.85. The first kappa shape index (κ1) is 13.5. The molecule has 0 aliphatic heterocycles. The van der Waals surface area contributed by atoms with E-state index in [1.54, 1.807) is 0 Å². The predicted molar refractivity (Wildman–Crippen MR) is 66.1 cm³/mol. The molecule has 0 aromatic heterocycles. The number of nitrogens with one attached hydrogen (secondary N) is 1. The molecule has 3 N–H and O–H groups in total. The van der Waals surface area contributed by atoms with Crippen molar-refractivity contribution < 1.29 is 4.79 Å². The summed E-state index contributed by atoms with van der Waals surface area (Å²) < 4.78 is 0. The molecule has 0 aromatic rings. The van der Waals surface area contributed by atoms with Crippen LogP contribution in [0, 0.1) is 5.41 Å². The molecule has 0 saturated heterocycles. The Morgan fingerprint density at radius 2 is 2.06 bits per heavy atom. The summed E-state index contributed by atoms with van der Waals surface area (Å²) in [4.78, 5) is 14.0. The fourth-order valence-corrected chi connectivity index (χ4v) is 1.56. The molecule has 0 spiro atoms. The Labute approximate surface area is 98.6 Å². The number of rotatable bonds is 5. The third-order valence-electron chi connectivity index (χ3n) is 3.15. The van der Waals surface area contributed by atoms with Crippen LogP contribution in [0.5, 0.6) is 0 Å². The highest BCUT2D eigenvalue weighted by Gasteiger charge is 2.28. The van der Waals surface area contributed by atoms with E-state index in [1.807, 2.05) is 20.8 Å². The molecule has 4 nitrogen and oxygen atoms in total. The van der Waals surface area contributed by atoms with Gasteiger partial charge in [0.15, 0.2) is 0 Å². The number of nitrogens with zero attached hydrogens (tertiary/aromatic N) is 1. The van der Waals surface area contributed by atoms with Gasteiger partial charge in [0, 0.05) is 19.1 Å². The van der Waals surface area contributed by atoms with Gasteiger partial charge in [0.1, 0.15) is 0 Å². The van der Waals surface area contributed by atoms with Crippen molar-refractivity contribution in [3.8, 4) is 0 Å². The van der Waals surface area contributed by atoms with E-state index in [0.717, 1.165) is 12.6 Å². The van der Waals surface area contributed by atoms with Crippen LogP contribution in [0.1, 0.15) is 33.6 Å². The second kappa shape index (κ2) is 5.15. The Bertz CT molecular complexity index is 243. The van der Waals surface area contributed by atoms with E-state index in [9.17, 15) is 4.79 Å². The molecule has 0 radical (unpaired) electrons. The number of nitrogens with two attached hydrogens (primary N) is 1. The highest BCUT2D eigenvalue weighted by Crippen LogP contribution is 2.24. The molecule has 16 heavy (non-hydrogen) atoms. The van der Waals surface area contributed by atoms with Crippen LogP contribution in [0.15, 0.2) is 0 Å². The SMILES string of the molecule is CN(CCNC(=O)C(N)C(C)(C)C)C1CC1. The highest BCUT2D eigenvalue weighted by atomic mass is 16.2. The molecular weight excluding hydrogens is 202 g/mol. The molecule has 0 aromatic carbocycles. The van der Waals surface area contributed by atoms with E-state index in [-0.39, 0.29) is 11.3 Å². The predicted octanol–water partition coefficient (Wildman–Crippen LogP) is 0.570. The maximum Gasteiger partial charge on any atom is 0.237 e. The average molecular weight is 227 g/mol. The van der Waals surface area contributed by atoms with Crippen molar-refractivity contribution in [1.82, 2.24) is 10.2 Å². The fraction of sp³-hybridized carbons (Fsp3) is 0.917. The lowest BCUT2D eigenvalue weighted by Crippen LogP contribution is -2.49. The number of hydrogen-bond acceptors (Lipinski definition) is 3. The van der Waals surface area contributed by atoms with E-state index in [2.05, 4.69) is 17.3 Å². The van der Waals surface area contributed by atoms with Crippen LogP contribution in [-0.4, -0.2) is 43.0 Å². The fourth-order valence-electron chi connectivity index (χ4n) is 1.56. The van der Waals surface area contributed by atoms with Crippen LogP contribution in [0.4, 0.5) is 0 Å². The van der Waals surface area contributed by atoms with Gasteiger partial charge >= 0.3 is 0 Å². The van der Waals surface area contributed by atoms with Gasteiger partial charge in [-0.25, -0.2) is 0 Å². The van der Waals surface area contributed by atoms with Crippen LogP contribution in [0.2, 0.25) is 0 Å². The zero-order chi connectivity index (χ0) is 12.3. The number of carbonyl (C=O) groups is 1. The molecule has 1 fully saturated rings. The molecule has 0 heterocycles. The smallest absolute Gasteiger partial charge is 0.237 e. The molecule has 1 saturated carbocycles. The molecule has 1 aliphatic carbocycles. The normalized spacial score (nSPS) is 18.6. The Morgan fingerprint density at radius 1 is 1.50 bits per heavy atom. The van der Waals surface area contributed by atoms with Crippen LogP contribution < -0.4 is 11.1 Å². The van der Waals surface area contributed by atoms with E-state index >= 15 is 0 Å². The maximum atomic E-state index is 11.7. The van der Waals surface area contributed by atoms with E-state index in [4.69, 9.17) is 5.73 Å². The second-order valence-electron chi connectivity index (χ2n) is 5.85. The Kier molecular flexibility index (Phi) is 4.33. The summed E-state index contributed by atoms with van der Waals surface area (Å²) in [6.07, 6.45) is 2.60.